The summed E-state index contributed by atoms with van der Waals surface area (Å²) >= 11 is 0. The number of rotatable bonds is 8. The van der Waals surface area contributed by atoms with Crippen LogP contribution in [0.5, 0.6) is 0 Å². The van der Waals surface area contributed by atoms with E-state index in [1.54, 1.807) is 13.8 Å². The quantitative estimate of drug-likeness (QED) is 0.359. The van der Waals surface area contributed by atoms with Gasteiger partial charge in [-0.05, 0) is 20.3 Å². The van der Waals surface area contributed by atoms with Crippen molar-refractivity contribution < 1.29 is 34.7 Å². The minimum atomic E-state index is -1.44. The number of hydrogen-bond acceptors (Lipinski definition) is 7. The zero-order valence-electron chi connectivity index (χ0n) is 16.0. The molecule has 0 aliphatic carbocycles. The van der Waals surface area contributed by atoms with Crippen molar-refractivity contribution in [2.45, 2.75) is 70.2 Å². The first kappa shape index (κ1) is 21.5. The molecule has 0 amide bonds. The number of ketones is 1. The lowest BCUT2D eigenvalue weighted by atomic mass is 9.78. The molecule has 0 aromatic carbocycles. The summed E-state index contributed by atoms with van der Waals surface area (Å²) in [5, 5.41) is 40.9. The largest absolute Gasteiger partial charge is 0.396 e. The molecular formula is C19H32O7. The molecule has 7 nitrogen and oxygen atoms in total. The third-order valence-corrected chi connectivity index (χ3v) is 5.83. The molecule has 7 heteroatoms. The molecule has 0 spiro atoms. The maximum Gasteiger partial charge on any atom is 0.167 e. The van der Waals surface area contributed by atoms with E-state index in [4.69, 9.17) is 9.47 Å². The van der Waals surface area contributed by atoms with E-state index in [0.29, 0.717) is 6.42 Å². The Balaban J connectivity index is 2.07. The zero-order chi connectivity index (χ0) is 19.7. The van der Waals surface area contributed by atoms with Crippen LogP contribution in [0.25, 0.3) is 0 Å². The van der Waals surface area contributed by atoms with Crippen molar-refractivity contribution in [1.29, 1.82) is 0 Å². The number of carbonyl (C=O) groups is 1. The van der Waals surface area contributed by atoms with Crippen LogP contribution >= 0.6 is 0 Å². The summed E-state index contributed by atoms with van der Waals surface area (Å²) in [6.45, 7) is 6.61. The van der Waals surface area contributed by atoms with Gasteiger partial charge in [-0.15, -0.1) is 0 Å². The van der Waals surface area contributed by atoms with Gasteiger partial charge in [-0.2, -0.15) is 0 Å². The fourth-order valence-corrected chi connectivity index (χ4v) is 3.93. The zero-order valence-corrected chi connectivity index (χ0v) is 16.0. The van der Waals surface area contributed by atoms with Gasteiger partial charge in [-0.1, -0.05) is 26.0 Å². The second-order valence-electron chi connectivity index (χ2n) is 7.73. The average molecular weight is 372 g/mol. The van der Waals surface area contributed by atoms with E-state index in [1.807, 2.05) is 26.0 Å². The third kappa shape index (κ3) is 4.03. The molecule has 2 heterocycles. The topological polar surface area (TPSA) is 120 Å². The molecule has 0 aromatic heterocycles. The molecule has 2 aliphatic heterocycles. The molecule has 150 valence electrons. The predicted octanol–water partition coefficient (Wildman–Crippen LogP) is 0.391. The van der Waals surface area contributed by atoms with E-state index in [-0.39, 0.29) is 25.0 Å². The molecule has 1 unspecified atom stereocenters. The van der Waals surface area contributed by atoms with Crippen LogP contribution in [0.1, 0.15) is 40.5 Å². The van der Waals surface area contributed by atoms with Crippen molar-refractivity contribution in [3.05, 3.63) is 12.2 Å². The first-order chi connectivity index (χ1) is 12.1. The first-order valence-corrected chi connectivity index (χ1v) is 9.31. The Morgan fingerprint density at radius 3 is 2.58 bits per heavy atom. The Morgan fingerprint density at radius 2 is 2.08 bits per heavy atom. The Kier molecular flexibility index (Phi) is 6.64. The summed E-state index contributed by atoms with van der Waals surface area (Å²) in [7, 11) is 0. The summed E-state index contributed by atoms with van der Waals surface area (Å²) in [6, 6.07) is 0. The Morgan fingerprint density at radius 1 is 1.42 bits per heavy atom. The van der Waals surface area contributed by atoms with Gasteiger partial charge in [0.25, 0.3) is 0 Å². The standard InChI is InChI=1S/C19H32O7/c1-5-7-11(3)17-18(4,26-17)16(23)12(9-20)15(22)13-10-25-19(24,6-2)8-14(13)21/h5,7,11-14,16-17,20-21,23-24H,6,8-10H2,1-4H3/b7-5-/t11-,12-,13-,14?,16-,17+,18-,19+/m0/s1. The van der Waals surface area contributed by atoms with Crippen molar-refractivity contribution in [3.8, 4) is 0 Å². The van der Waals surface area contributed by atoms with Gasteiger partial charge in [-0.25, -0.2) is 0 Å². The summed E-state index contributed by atoms with van der Waals surface area (Å²) in [5.41, 5.74) is -0.924. The highest BCUT2D eigenvalue weighted by Gasteiger charge is 2.62. The van der Waals surface area contributed by atoms with Crippen LogP contribution in [0, 0.1) is 17.8 Å². The SMILES string of the molecule is C/C=C\[C@H](C)[C@H]1O[C@@]1(C)[C@@H](O)[C@@H](CO)C(=O)[C@H]1CO[C@](O)(CC)CC1O. The molecule has 0 bridgehead atoms. The molecule has 0 saturated carbocycles. The van der Waals surface area contributed by atoms with Gasteiger partial charge in [0.05, 0.1) is 43.4 Å². The van der Waals surface area contributed by atoms with Crippen LogP contribution in [-0.2, 0) is 14.3 Å². The summed E-state index contributed by atoms with van der Waals surface area (Å²) in [6.07, 6.45) is 1.55. The molecule has 26 heavy (non-hydrogen) atoms. The second-order valence-corrected chi connectivity index (χ2v) is 7.73. The highest BCUT2D eigenvalue weighted by molar-refractivity contribution is 5.85. The van der Waals surface area contributed by atoms with Gasteiger partial charge in [0.2, 0.25) is 0 Å². The van der Waals surface area contributed by atoms with Gasteiger partial charge in [0.1, 0.15) is 11.4 Å². The Bertz CT molecular complexity index is 536. The van der Waals surface area contributed by atoms with Gasteiger partial charge in [0.15, 0.2) is 5.79 Å². The van der Waals surface area contributed by atoms with Crippen LogP contribution in [0.2, 0.25) is 0 Å². The lowest BCUT2D eigenvalue weighted by molar-refractivity contribution is -0.258. The van der Waals surface area contributed by atoms with E-state index < -0.39 is 47.8 Å². The lowest BCUT2D eigenvalue weighted by Crippen LogP contribution is -2.53. The summed E-state index contributed by atoms with van der Waals surface area (Å²) in [4.78, 5) is 12.8. The van der Waals surface area contributed by atoms with Crippen LogP contribution < -0.4 is 0 Å². The van der Waals surface area contributed by atoms with Gasteiger partial charge in [-0.3, -0.25) is 4.79 Å². The van der Waals surface area contributed by atoms with E-state index in [1.165, 1.54) is 0 Å². The predicted molar refractivity (Wildman–Crippen MR) is 94.2 cm³/mol. The summed E-state index contributed by atoms with van der Waals surface area (Å²) < 4.78 is 11.0. The van der Waals surface area contributed by atoms with E-state index in [0.717, 1.165) is 0 Å². The fourth-order valence-electron chi connectivity index (χ4n) is 3.93. The monoisotopic (exact) mass is 372 g/mol. The van der Waals surface area contributed by atoms with Crippen molar-refractivity contribution in [2.24, 2.45) is 17.8 Å². The van der Waals surface area contributed by atoms with Crippen molar-refractivity contribution in [1.82, 2.24) is 0 Å². The molecule has 4 N–H and O–H groups in total. The van der Waals surface area contributed by atoms with Crippen molar-refractivity contribution >= 4 is 5.78 Å². The first-order valence-electron chi connectivity index (χ1n) is 9.31. The van der Waals surface area contributed by atoms with E-state index in [2.05, 4.69) is 0 Å². The molecular weight excluding hydrogens is 340 g/mol. The minimum absolute atomic E-state index is 0.0669. The van der Waals surface area contributed by atoms with Crippen LogP contribution in [-0.4, -0.2) is 69.1 Å². The lowest BCUT2D eigenvalue weighted by Gasteiger charge is -2.39. The van der Waals surface area contributed by atoms with Gasteiger partial charge < -0.3 is 29.9 Å². The number of carbonyl (C=O) groups excluding carboxylic acids is 1. The van der Waals surface area contributed by atoms with Gasteiger partial charge in [0, 0.05) is 12.3 Å². The van der Waals surface area contributed by atoms with Gasteiger partial charge >= 0.3 is 0 Å². The van der Waals surface area contributed by atoms with E-state index in [9.17, 15) is 25.2 Å². The van der Waals surface area contributed by atoms with Crippen molar-refractivity contribution in [2.75, 3.05) is 13.2 Å². The maximum absolute atomic E-state index is 12.8. The molecule has 0 radical (unpaired) electrons. The second kappa shape index (κ2) is 8.04. The number of hydrogen-bond donors (Lipinski definition) is 4. The highest BCUT2D eigenvalue weighted by atomic mass is 16.6. The molecule has 2 fully saturated rings. The van der Waals surface area contributed by atoms with Crippen molar-refractivity contribution in [3.63, 3.8) is 0 Å². The average Bonchev–Trinajstić information content (AvgIpc) is 3.29. The van der Waals surface area contributed by atoms with Crippen LogP contribution in [0.15, 0.2) is 12.2 Å². The number of aliphatic hydroxyl groups excluding tert-OH is 3. The number of epoxide rings is 1. The normalized spacial score (nSPS) is 41.0. The highest BCUT2D eigenvalue weighted by Crippen LogP contribution is 2.47. The molecule has 2 saturated heterocycles. The summed E-state index contributed by atoms with van der Waals surface area (Å²) in [5.74, 6) is -3.83. The number of aliphatic hydroxyl groups is 4. The smallest absolute Gasteiger partial charge is 0.167 e. The number of Topliss-reactive ketones (excluding diaryl/α,β-unsaturated/α-hetero) is 1. The Hall–Kier alpha value is -0.830. The fraction of sp³-hybridized carbons (Fsp3) is 0.842. The maximum atomic E-state index is 12.8. The third-order valence-electron chi connectivity index (χ3n) is 5.83. The van der Waals surface area contributed by atoms with Crippen LogP contribution in [0.3, 0.4) is 0 Å². The minimum Gasteiger partial charge on any atom is -0.396 e. The molecule has 0 aromatic rings. The molecule has 2 aliphatic rings. The van der Waals surface area contributed by atoms with Crippen LogP contribution in [0.4, 0.5) is 0 Å². The number of allylic oxidation sites excluding steroid dienone is 1. The Labute approximate surface area is 154 Å². The molecule has 8 atom stereocenters. The number of ether oxygens (including phenoxy) is 2. The van der Waals surface area contributed by atoms with E-state index >= 15 is 0 Å². The molecule has 2 rings (SSSR count).